The molecule has 2 atom stereocenters. The number of rotatable bonds is 2. The largest absolute Gasteiger partial charge is 0.396 e. The zero-order chi connectivity index (χ0) is 6.69. The summed E-state index contributed by atoms with van der Waals surface area (Å²) in [5.41, 5.74) is 0. The molecule has 3 heteroatoms. The molecule has 1 aliphatic rings. The third-order valence-electron chi connectivity index (χ3n) is 1.68. The maximum Gasteiger partial charge on any atom is 0.0876 e. The Labute approximate surface area is 54.6 Å². The molecule has 0 aromatic rings. The lowest BCUT2D eigenvalue weighted by molar-refractivity contribution is 0.0511. The Morgan fingerprint density at radius 3 is 2.89 bits per heavy atom. The summed E-state index contributed by atoms with van der Waals surface area (Å²) in [4.78, 5) is 0. The molecule has 3 nitrogen and oxygen atoms in total. The summed E-state index contributed by atoms with van der Waals surface area (Å²) >= 11 is 0. The molecule has 0 radical (unpaired) electrons. The van der Waals surface area contributed by atoms with Crippen LogP contribution in [0.25, 0.3) is 0 Å². The van der Waals surface area contributed by atoms with Crippen LogP contribution in [0.3, 0.4) is 0 Å². The average Bonchev–Trinajstić information content (AvgIpc) is 2.33. The van der Waals surface area contributed by atoms with E-state index >= 15 is 0 Å². The Kier molecular flexibility index (Phi) is 2.45. The Balaban J connectivity index is 2.32. The summed E-state index contributed by atoms with van der Waals surface area (Å²) in [5, 5.41) is 8.71. The number of aliphatic hydroxyl groups is 1. The molecule has 0 aliphatic carbocycles. The lowest BCUT2D eigenvalue weighted by Crippen LogP contribution is -2.23. The predicted octanol–water partition coefficient (Wildman–Crippen LogP) is -0.360. The quantitative estimate of drug-likeness (QED) is 0.557. The zero-order valence-corrected chi connectivity index (χ0v) is 5.54. The fourth-order valence-corrected chi connectivity index (χ4v) is 1.01. The molecule has 0 bridgehead atoms. The molecule has 54 valence electrons. The van der Waals surface area contributed by atoms with Gasteiger partial charge in [-0.15, -0.1) is 0 Å². The van der Waals surface area contributed by atoms with Crippen molar-refractivity contribution >= 4 is 0 Å². The molecule has 0 aromatic heterocycles. The molecule has 1 N–H and O–H groups in total. The molecule has 1 saturated heterocycles. The van der Waals surface area contributed by atoms with Gasteiger partial charge in [-0.1, -0.05) is 0 Å². The Morgan fingerprint density at radius 1 is 1.67 bits per heavy atom. The molecule has 1 heterocycles. The fraction of sp³-hybridized carbons (Fsp3) is 1.00. The highest BCUT2D eigenvalue weighted by molar-refractivity contribution is 4.73. The standard InChI is InChI=1S/C6H12O3/c1-8-6-4-9-3-5(6)2-7/h5-7H,2-4H2,1H3/t5-,6+/m0/s1. The van der Waals surface area contributed by atoms with Crippen molar-refractivity contribution < 1.29 is 14.6 Å². The fourth-order valence-electron chi connectivity index (χ4n) is 1.01. The van der Waals surface area contributed by atoms with Crippen molar-refractivity contribution in [3.8, 4) is 0 Å². The van der Waals surface area contributed by atoms with Crippen molar-refractivity contribution in [2.45, 2.75) is 6.10 Å². The van der Waals surface area contributed by atoms with E-state index in [-0.39, 0.29) is 18.6 Å². The molecule has 1 fully saturated rings. The average molecular weight is 132 g/mol. The van der Waals surface area contributed by atoms with E-state index in [4.69, 9.17) is 14.6 Å². The van der Waals surface area contributed by atoms with Crippen LogP contribution in [0.5, 0.6) is 0 Å². The molecule has 0 unspecified atom stereocenters. The van der Waals surface area contributed by atoms with E-state index in [1.807, 2.05) is 0 Å². The summed E-state index contributed by atoms with van der Waals surface area (Å²) in [5.74, 6) is 0.190. The maximum atomic E-state index is 8.71. The summed E-state index contributed by atoms with van der Waals surface area (Å²) in [6.45, 7) is 1.43. The van der Waals surface area contributed by atoms with Crippen LogP contribution in [0.2, 0.25) is 0 Å². The van der Waals surface area contributed by atoms with Gasteiger partial charge < -0.3 is 14.6 Å². The van der Waals surface area contributed by atoms with Crippen molar-refractivity contribution in [2.24, 2.45) is 5.92 Å². The van der Waals surface area contributed by atoms with E-state index in [1.165, 1.54) is 0 Å². The van der Waals surface area contributed by atoms with Crippen molar-refractivity contribution in [1.29, 1.82) is 0 Å². The second-order valence-electron chi connectivity index (χ2n) is 2.25. The number of methoxy groups -OCH3 is 1. The minimum atomic E-state index is 0.106. The van der Waals surface area contributed by atoms with Gasteiger partial charge in [-0.2, -0.15) is 0 Å². The van der Waals surface area contributed by atoms with Gasteiger partial charge in [0.05, 0.1) is 25.9 Å². The van der Waals surface area contributed by atoms with Gasteiger partial charge in [-0.25, -0.2) is 0 Å². The summed E-state index contributed by atoms with van der Waals surface area (Å²) in [6, 6.07) is 0. The number of hydrogen-bond acceptors (Lipinski definition) is 3. The first-order valence-electron chi connectivity index (χ1n) is 3.10. The predicted molar refractivity (Wildman–Crippen MR) is 32.2 cm³/mol. The molecule has 0 amide bonds. The summed E-state index contributed by atoms with van der Waals surface area (Å²) in [7, 11) is 1.64. The number of hydrogen-bond donors (Lipinski definition) is 1. The van der Waals surface area contributed by atoms with Crippen LogP contribution in [0, 0.1) is 5.92 Å². The van der Waals surface area contributed by atoms with Gasteiger partial charge in [0.2, 0.25) is 0 Å². The highest BCUT2D eigenvalue weighted by Crippen LogP contribution is 2.14. The number of ether oxygens (including phenoxy) is 2. The second kappa shape index (κ2) is 3.15. The molecule has 0 saturated carbocycles. The first-order chi connectivity index (χ1) is 4.38. The first kappa shape index (κ1) is 6.99. The first-order valence-corrected chi connectivity index (χ1v) is 3.10. The SMILES string of the molecule is CO[C@@H]1COC[C@@H]1CO. The molecule has 1 rings (SSSR count). The monoisotopic (exact) mass is 132 g/mol. The highest BCUT2D eigenvalue weighted by atomic mass is 16.5. The topological polar surface area (TPSA) is 38.7 Å². The van der Waals surface area contributed by atoms with E-state index in [0.717, 1.165) is 0 Å². The van der Waals surface area contributed by atoms with Gasteiger partial charge in [-0.05, 0) is 0 Å². The minimum Gasteiger partial charge on any atom is -0.396 e. The van der Waals surface area contributed by atoms with Crippen LogP contribution in [-0.2, 0) is 9.47 Å². The van der Waals surface area contributed by atoms with E-state index in [2.05, 4.69) is 0 Å². The van der Waals surface area contributed by atoms with Gasteiger partial charge >= 0.3 is 0 Å². The Hall–Kier alpha value is -0.120. The van der Waals surface area contributed by atoms with Crippen molar-refractivity contribution in [1.82, 2.24) is 0 Å². The number of aliphatic hydroxyl groups excluding tert-OH is 1. The van der Waals surface area contributed by atoms with E-state index in [0.29, 0.717) is 13.2 Å². The second-order valence-corrected chi connectivity index (χ2v) is 2.25. The molecule has 9 heavy (non-hydrogen) atoms. The lowest BCUT2D eigenvalue weighted by Gasteiger charge is -2.11. The van der Waals surface area contributed by atoms with Gasteiger partial charge in [0.25, 0.3) is 0 Å². The normalized spacial score (nSPS) is 35.3. The molecular formula is C6H12O3. The molecular weight excluding hydrogens is 120 g/mol. The van der Waals surface area contributed by atoms with Crippen molar-refractivity contribution in [2.75, 3.05) is 26.9 Å². The van der Waals surface area contributed by atoms with E-state index < -0.39 is 0 Å². The Morgan fingerprint density at radius 2 is 2.44 bits per heavy atom. The minimum absolute atomic E-state index is 0.106. The van der Waals surface area contributed by atoms with Crippen LogP contribution in [0.4, 0.5) is 0 Å². The van der Waals surface area contributed by atoms with Gasteiger partial charge in [-0.3, -0.25) is 0 Å². The highest BCUT2D eigenvalue weighted by Gasteiger charge is 2.26. The van der Waals surface area contributed by atoms with Gasteiger partial charge in [0.1, 0.15) is 0 Å². The third kappa shape index (κ3) is 1.41. The molecule has 0 aromatic carbocycles. The lowest BCUT2D eigenvalue weighted by atomic mass is 10.1. The van der Waals surface area contributed by atoms with Crippen LogP contribution in [-0.4, -0.2) is 38.1 Å². The van der Waals surface area contributed by atoms with Gasteiger partial charge in [0, 0.05) is 13.0 Å². The smallest absolute Gasteiger partial charge is 0.0876 e. The van der Waals surface area contributed by atoms with Crippen LogP contribution < -0.4 is 0 Å². The summed E-state index contributed by atoms with van der Waals surface area (Å²) < 4.78 is 10.1. The summed E-state index contributed by atoms with van der Waals surface area (Å²) in [6.07, 6.45) is 0.106. The molecule has 0 spiro atoms. The zero-order valence-electron chi connectivity index (χ0n) is 5.54. The third-order valence-corrected chi connectivity index (χ3v) is 1.68. The molecule has 1 aliphatic heterocycles. The van der Waals surface area contributed by atoms with Crippen LogP contribution in [0.15, 0.2) is 0 Å². The van der Waals surface area contributed by atoms with Crippen molar-refractivity contribution in [3.63, 3.8) is 0 Å². The van der Waals surface area contributed by atoms with E-state index in [9.17, 15) is 0 Å². The van der Waals surface area contributed by atoms with Gasteiger partial charge in [0.15, 0.2) is 0 Å². The Bertz CT molecular complexity index is 74.4. The maximum absolute atomic E-state index is 8.71. The van der Waals surface area contributed by atoms with E-state index in [1.54, 1.807) is 7.11 Å². The van der Waals surface area contributed by atoms with Crippen molar-refractivity contribution in [3.05, 3.63) is 0 Å². The van der Waals surface area contributed by atoms with Crippen LogP contribution >= 0.6 is 0 Å². The van der Waals surface area contributed by atoms with Crippen LogP contribution in [0.1, 0.15) is 0 Å².